The van der Waals surface area contributed by atoms with Gasteiger partial charge in [0.25, 0.3) is 8.32 Å². The van der Waals surface area contributed by atoms with E-state index in [1.54, 1.807) is 4.90 Å². The van der Waals surface area contributed by atoms with Gasteiger partial charge in [0.2, 0.25) is 5.78 Å². The number of nitrogens with zero attached hydrogens (tertiary/aromatic N) is 3. The van der Waals surface area contributed by atoms with Gasteiger partial charge in [-0.25, -0.2) is 8.78 Å². The Morgan fingerprint density at radius 2 is 1.51 bits per heavy atom. The molecule has 1 fully saturated rings. The van der Waals surface area contributed by atoms with E-state index >= 15 is 8.78 Å². The van der Waals surface area contributed by atoms with E-state index in [-0.39, 0.29) is 35.2 Å². The van der Waals surface area contributed by atoms with Crippen LogP contribution in [0, 0.1) is 11.6 Å². The van der Waals surface area contributed by atoms with E-state index in [1.807, 2.05) is 50.2 Å². The first kappa shape index (κ1) is 30.7. The predicted octanol–water partition coefficient (Wildman–Crippen LogP) is 5.68. The molecule has 3 aromatic carbocycles. The molecule has 1 saturated heterocycles. The number of carbonyl (C=O) groups excluding carboxylic acids is 1. The van der Waals surface area contributed by atoms with Gasteiger partial charge in [0.05, 0.1) is 30.1 Å². The number of rotatable bonds is 8. The van der Waals surface area contributed by atoms with Crippen molar-refractivity contribution in [3.05, 3.63) is 114 Å². The topological polar surface area (TPSA) is 64.5 Å². The maximum Gasteiger partial charge on any atom is 0.261 e. The van der Waals surface area contributed by atoms with E-state index in [0.717, 1.165) is 10.4 Å². The van der Waals surface area contributed by atoms with E-state index in [0.29, 0.717) is 18.7 Å². The molecule has 0 radical (unpaired) electrons. The van der Waals surface area contributed by atoms with Crippen molar-refractivity contribution in [2.24, 2.45) is 0 Å². The Bertz CT molecular complexity index is 1520. The highest BCUT2D eigenvalue weighted by atomic mass is 28.4. The number of benzene rings is 3. The highest BCUT2D eigenvalue weighted by Gasteiger charge is 2.50. The van der Waals surface area contributed by atoms with Crippen LogP contribution in [0.15, 0.2) is 85.1 Å². The van der Waals surface area contributed by atoms with Gasteiger partial charge in [0, 0.05) is 24.8 Å². The monoisotopic (exact) mass is 601 g/mol. The van der Waals surface area contributed by atoms with E-state index < -0.39 is 31.3 Å². The molecule has 0 spiro atoms. The fraction of sp³-hybridized carbons (Fsp3) is 0.324. The maximum atomic E-state index is 16.2. The van der Waals surface area contributed by atoms with Crippen LogP contribution in [0.2, 0.25) is 5.04 Å². The average Bonchev–Trinajstić information content (AvgIpc) is 2.99. The molecule has 0 amide bonds. The summed E-state index contributed by atoms with van der Waals surface area (Å²) in [5.74, 6) is -3.05. The number of aromatic nitrogens is 2. The zero-order chi connectivity index (χ0) is 30.8. The molecule has 1 aromatic heterocycles. The van der Waals surface area contributed by atoms with Crippen LogP contribution < -0.4 is 15.3 Å². The minimum Gasteiger partial charge on any atom is -0.403 e. The predicted molar refractivity (Wildman–Crippen MR) is 166 cm³/mol. The lowest BCUT2D eigenvalue weighted by Gasteiger charge is -2.43. The summed E-state index contributed by atoms with van der Waals surface area (Å²) in [6, 6.07) is 24.6. The van der Waals surface area contributed by atoms with Crippen LogP contribution in [-0.2, 0) is 15.8 Å². The van der Waals surface area contributed by atoms with Crippen molar-refractivity contribution in [2.75, 3.05) is 18.0 Å². The van der Waals surface area contributed by atoms with Crippen LogP contribution in [0.5, 0.6) is 0 Å². The minimum atomic E-state index is -3.04. The Hall–Kier alpha value is -3.79. The van der Waals surface area contributed by atoms with Crippen molar-refractivity contribution < 1.29 is 22.7 Å². The van der Waals surface area contributed by atoms with Crippen molar-refractivity contribution in [1.82, 2.24) is 10.2 Å². The molecule has 0 bridgehead atoms. The van der Waals surface area contributed by atoms with E-state index in [2.05, 4.69) is 55.2 Å². The van der Waals surface area contributed by atoms with E-state index in [1.165, 1.54) is 24.4 Å². The van der Waals surface area contributed by atoms with E-state index in [9.17, 15) is 4.79 Å². The molecule has 0 aliphatic carbocycles. The molecule has 2 heterocycles. The molecule has 4 aromatic rings. The Balaban J connectivity index is 1.68. The molecule has 224 valence electrons. The molecule has 0 saturated carbocycles. The molecule has 9 heteroatoms. The summed E-state index contributed by atoms with van der Waals surface area (Å²) in [5.41, 5.74) is 0.00623. The molecule has 1 aliphatic heterocycles. The Morgan fingerprint density at radius 1 is 0.930 bits per heavy atom. The van der Waals surface area contributed by atoms with Gasteiger partial charge in [-0.3, -0.25) is 4.79 Å². The Labute approximate surface area is 252 Å². The highest BCUT2D eigenvalue weighted by molar-refractivity contribution is 6.99. The van der Waals surface area contributed by atoms with Crippen molar-refractivity contribution in [1.29, 1.82) is 0 Å². The summed E-state index contributed by atoms with van der Waals surface area (Å²) < 4.78 is 45.1. The maximum absolute atomic E-state index is 16.2. The van der Waals surface area contributed by atoms with Crippen molar-refractivity contribution in [2.45, 2.75) is 58.5 Å². The second-order valence-electron chi connectivity index (χ2n) is 12.1. The normalized spacial score (nSPS) is 17.6. The minimum absolute atomic E-state index is 0.0410. The lowest BCUT2D eigenvalue weighted by Crippen LogP contribution is -2.66. The number of carbonyl (C=O) groups is 1. The Morgan fingerprint density at radius 3 is 2.02 bits per heavy atom. The third kappa shape index (κ3) is 6.02. The summed E-state index contributed by atoms with van der Waals surface area (Å²) >= 11 is 0. The van der Waals surface area contributed by atoms with Gasteiger partial charge in [0.1, 0.15) is 5.69 Å². The van der Waals surface area contributed by atoms with Crippen LogP contribution in [0.4, 0.5) is 14.5 Å². The van der Waals surface area contributed by atoms with Crippen LogP contribution in [-0.4, -0.2) is 49.6 Å². The molecule has 2 atom stereocenters. The number of halogens is 2. The zero-order valence-electron chi connectivity index (χ0n) is 25.2. The first-order valence-corrected chi connectivity index (χ1v) is 16.4. The second kappa shape index (κ2) is 12.4. The number of morpholine rings is 1. The lowest BCUT2D eigenvalue weighted by molar-refractivity contribution is -0.00553. The third-order valence-electron chi connectivity index (χ3n) is 7.91. The Kier molecular flexibility index (Phi) is 8.87. The fourth-order valence-electron chi connectivity index (χ4n) is 6.15. The van der Waals surface area contributed by atoms with Crippen LogP contribution in [0.1, 0.15) is 56.2 Å². The van der Waals surface area contributed by atoms with E-state index in [4.69, 9.17) is 9.16 Å². The first-order valence-electron chi connectivity index (χ1n) is 14.5. The standard InChI is InChI=1S/C34H37F2N3O3Si/c1-23-20-39(21-24(2)42-23)32-25(19-28(30(35)31(32)36)33(40)29-17-12-18-37-38-29)22-41-43(34(3,4)5,26-13-8-6-9-14-26)27-15-10-7-11-16-27/h6-19,23-24H,20-22H2,1-5H3/t23-,24+. The smallest absolute Gasteiger partial charge is 0.261 e. The summed E-state index contributed by atoms with van der Waals surface area (Å²) in [6.07, 6.45) is 1.02. The lowest BCUT2D eigenvalue weighted by atomic mass is 10.0. The van der Waals surface area contributed by atoms with Gasteiger partial charge in [0.15, 0.2) is 11.6 Å². The fourth-order valence-corrected chi connectivity index (χ4v) is 10.7. The number of hydrogen-bond acceptors (Lipinski definition) is 6. The van der Waals surface area contributed by atoms with Crippen molar-refractivity contribution in [3.63, 3.8) is 0 Å². The molecule has 0 unspecified atom stereocenters. The number of ether oxygens (including phenoxy) is 1. The van der Waals surface area contributed by atoms with Gasteiger partial charge in [-0.1, -0.05) is 81.4 Å². The van der Waals surface area contributed by atoms with Gasteiger partial charge in [-0.2, -0.15) is 5.10 Å². The summed E-state index contributed by atoms with van der Waals surface area (Å²) in [5, 5.41) is 9.37. The average molecular weight is 602 g/mol. The zero-order valence-corrected chi connectivity index (χ0v) is 26.2. The SMILES string of the molecule is C[C@@H]1CN(c2c(CO[Si](c3ccccc3)(c3ccccc3)C(C)(C)C)cc(C(=O)c3cccnn3)c(F)c2F)C[C@H](C)O1. The van der Waals surface area contributed by atoms with Gasteiger partial charge >= 0.3 is 0 Å². The molecule has 1 aliphatic rings. The molecule has 5 rings (SSSR count). The molecule has 0 N–H and O–H groups in total. The number of anilines is 1. The molecule has 43 heavy (non-hydrogen) atoms. The number of ketones is 1. The highest BCUT2D eigenvalue weighted by Crippen LogP contribution is 2.39. The summed E-state index contributed by atoms with van der Waals surface area (Å²) in [4.78, 5) is 15.2. The summed E-state index contributed by atoms with van der Waals surface area (Å²) in [7, 11) is -3.04. The molecular weight excluding hydrogens is 564 g/mol. The van der Waals surface area contributed by atoms with Gasteiger partial charge in [-0.15, -0.1) is 5.10 Å². The van der Waals surface area contributed by atoms with Crippen molar-refractivity contribution >= 4 is 30.2 Å². The van der Waals surface area contributed by atoms with Crippen LogP contribution in [0.3, 0.4) is 0 Å². The second-order valence-corrected chi connectivity index (χ2v) is 16.4. The quantitative estimate of drug-likeness (QED) is 0.191. The first-order chi connectivity index (χ1) is 20.5. The van der Waals surface area contributed by atoms with Crippen LogP contribution in [0.25, 0.3) is 0 Å². The van der Waals surface area contributed by atoms with Gasteiger partial charge < -0.3 is 14.1 Å². The van der Waals surface area contributed by atoms with Crippen molar-refractivity contribution in [3.8, 4) is 0 Å². The van der Waals surface area contributed by atoms with Crippen LogP contribution >= 0.6 is 0 Å². The third-order valence-corrected chi connectivity index (χ3v) is 12.9. The summed E-state index contributed by atoms with van der Waals surface area (Å²) in [6.45, 7) is 11.0. The van der Waals surface area contributed by atoms with Gasteiger partial charge in [-0.05, 0) is 47.5 Å². The largest absolute Gasteiger partial charge is 0.403 e. The number of hydrogen-bond donors (Lipinski definition) is 0. The molecule has 6 nitrogen and oxygen atoms in total. The molecular formula is C34H37F2N3O3Si.